The fourth-order valence-corrected chi connectivity index (χ4v) is 3.04. The SMILES string of the molecule is CC(C)(C)C(=O)OC[C@H]1CCCN1C1CCNCC1. The molecule has 19 heavy (non-hydrogen) atoms. The summed E-state index contributed by atoms with van der Waals surface area (Å²) < 4.78 is 5.52. The minimum absolute atomic E-state index is 0.0790. The molecule has 0 spiro atoms. The predicted molar refractivity (Wildman–Crippen MR) is 76.0 cm³/mol. The van der Waals surface area contributed by atoms with E-state index in [1.165, 1.54) is 32.2 Å². The van der Waals surface area contributed by atoms with Gasteiger partial charge in [-0.3, -0.25) is 9.69 Å². The molecule has 1 atom stereocenters. The second-order valence-corrected chi connectivity index (χ2v) is 6.86. The van der Waals surface area contributed by atoms with Gasteiger partial charge in [-0.1, -0.05) is 0 Å². The van der Waals surface area contributed by atoms with Gasteiger partial charge in [-0.05, 0) is 66.1 Å². The van der Waals surface area contributed by atoms with Gasteiger partial charge in [-0.2, -0.15) is 0 Å². The monoisotopic (exact) mass is 268 g/mol. The van der Waals surface area contributed by atoms with E-state index in [1.807, 2.05) is 20.8 Å². The number of carbonyl (C=O) groups excluding carboxylic acids is 1. The van der Waals surface area contributed by atoms with Crippen molar-refractivity contribution in [3.63, 3.8) is 0 Å². The van der Waals surface area contributed by atoms with Crippen molar-refractivity contribution in [1.82, 2.24) is 10.2 Å². The molecule has 4 nitrogen and oxygen atoms in total. The van der Waals surface area contributed by atoms with Crippen LogP contribution in [0.1, 0.15) is 46.5 Å². The number of esters is 1. The predicted octanol–water partition coefficient (Wildman–Crippen LogP) is 1.79. The molecule has 2 aliphatic rings. The van der Waals surface area contributed by atoms with Crippen molar-refractivity contribution in [1.29, 1.82) is 0 Å². The average molecular weight is 268 g/mol. The van der Waals surface area contributed by atoms with Crippen molar-refractivity contribution in [2.45, 2.75) is 58.5 Å². The van der Waals surface area contributed by atoms with Crippen LogP contribution in [-0.2, 0) is 9.53 Å². The van der Waals surface area contributed by atoms with E-state index >= 15 is 0 Å². The third kappa shape index (κ3) is 3.93. The van der Waals surface area contributed by atoms with Gasteiger partial charge in [0.25, 0.3) is 0 Å². The average Bonchev–Trinajstić information content (AvgIpc) is 2.84. The topological polar surface area (TPSA) is 41.6 Å². The lowest BCUT2D eigenvalue weighted by Gasteiger charge is -2.35. The van der Waals surface area contributed by atoms with Crippen molar-refractivity contribution >= 4 is 5.97 Å². The van der Waals surface area contributed by atoms with Gasteiger partial charge in [0.1, 0.15) is 6.61 Å². The number of hydrogen-bond acceptors (Lipinski definition) is 4. The van der Waals surface area contributed by atoms with Gasteiger partial charge >= 0.3 is 5.97 Å². The van der Waals surface area contributed by atoms with Gasteiger partial charge < -0.3 is 10.1 Å². The molecular weight excluding hydrogens is 240 g/mol. The lowest BCUT2D eigenvalue weighted by Crippen LogP contribution is -2.47. The van der Waals surface area contributed by atoms with Crippen molar-refractivity contribution in [2.75, 3.05) is 26.2 Å². The van der Waals surface area contributed by atoms with Crippen LogP contribution in [0.15, 0.2) is 0 Å². The number of ether oxygens (including phenoxy) is 1. The Morgan fingerprint density at radius 3 is 2.58 bits per heavy atom. The van der Waals surface area contributed by atoms with Crippen LogP contribution in [0.5, 0.6) is 0 Å². The van der Waals surface area contributed by atoms with Crippen LogP contribution in [0.25, 0.3) is 0 Å². The highest BCUT2D eigenvalue weighted by molar-refractivity contribution is 5.75. The van der Waals surface area contributed by atoms with Crippen LogP contribution in [0.2, 0.25) is 0 Å². The molecule has 110 valence electrons. The normalized spacial score (nSPS) is 26.6. The Kier molecular flexibility index (Phi) is 4.85. The highest BCUT2D eigenvalue weighted by atomic mass is 16.5. The molecule has 2 saturated heterocycles. The Morgan fingerprint density at radius 2 is 1.95 bits per heavy atom. The van der Waals surface area contributed by atoms with Gasteiger partial charge in [0.15, 0.2) is 0 Å². The third-order valence-corrected chi connectivity index (χ3v) is 4.22. The van der Waals surface area contributed by atoms with Gasteiger partial charge in [0.2, 0.25) is 0 Å². The van der Waals surface area contributed by atoms with E-state index in [4.69, 9.17) is 4.74 Å². The van der Waals surface area contributed by atoms with Crippen molar-refractivity contribution in [3.8, 4) is 0 Å². The minimum Gasteiger partial charge on any atom is -0.464 e. The van der Waals surface area contributed by atoms with Gasteiger partial charge in [-0.15, -0.1) is 0 Å². The first kappa shape index (κ1) is 14.8. The molecular formula is C15H28N2O2. The quantitative estimate of drug-likeness (QED) is 0.792. The fraction of sp³-hybridized carbons (Fsp3) is 0.933. The highest BCUT2D eigenvalue weighted by Crippen LogP contribution is 2.25. The lowest BCUT2D eigenvalue weighted by atomic mass is 9.97. The van der Waals surface area contributed by atoms with E-state index in [0.29, 0.717) is 18.7 Å². The van der Waals surface area contributed by atoms with Crippen LogP contribution in [0.4, 0.5) is 0 Å². The number of hydrogen-bond donors (Lipinski definition) is 1. The summed E-state index contributed by atoms with van der Waals surface area (Å²) in [5.41, 5.74) is -0.391. The zero-order valence-electron chi connectivity index (χ0n) is 12.6. The van der Waals surface area contributed by atoms with Crippen LogP contribution < -0.4 is 5.32 Å². The number of rotatable bonds is 3. The largest absolute Gasteiger partial charge is 0.464 e. The molecule has 0 aliphatic carbocycles. The lowest BCUT2D eigenvalue weighted by molar-refractivity contribution is -0.154. The first-order valence-electron chi connectivity index (χ1n) is 7.62. The highest BCUT2D eigenvalue weighted by Gasteiger charge is 2.33. The molecule has 0 amide bonds. The molecule has 4 heteroatoms. The van der Waals surface area contributed by atoms with Crippen LogP contribution in [0.3, 0.4) is 0 Å². The second kappa shape index (κ2) is 6.23. The Balaban J connectivity index is 1.83. The van der Waals surface area contributed by atoms with Gasteiger partial charge in [-0.25, -0.2) is 0 Å². The number of likely N-dealkylation sites (tertiary alicyclic amines) is 1. The third-order valence-electron chi connectivity index (χ3n) is 4.22. The molecule has 0 aromatic carbocycles. The molecule has 0 radical (unpaired) electrons. The molecule has 0 aromatic heterocycles. The summed E-state index contributed by atoms with van der Waals surface area (Å²) in [5, 5.41) is 3.41. The van der Waals surface area contributed by atoms with Crippen LogP contribution in [-0.4, -0.2) is 49.2 Å². The molecule has 2 aliphatic heterocycles. The van der Waals surface area contributed by atoms with Crippen molar-refractivity contribution < 1.29 is 9.53 Å². The van der Waals surface area contributed by atoms with E-state index in [1.54, 1.807) is 0 Å². The summed E-state index contributed by atoms with van der Waals surface area (Å²) in [6.45, 7) is 9.71. The Bertz CT molecular complexity index is 306. The van der Waals surface area contributed by atoms with Crippen molar-refractivity contribution in [2.24, 2.45) is 5.41 Å². The summed E-state index contributed by atoms with van der Waals surface area (Å²) in [4.78, 5) is 14.4. The summed E-state index contributed by atoms with van der Waals surface area (Å²) >= 11 is 0. The van der Waals surface area contributed by atoms with Crippen molar-refractivity contribution in [3.05, 3.63) is 0 Å². The van der Waals surface area contributed by atoms with Crippen LogP contribution >= 0.6 is 0 Å². The first-order chi connectivity index (χ1) is 8.98. The number of nitrogens with one attached hydrogen (secondary N) is 1. The maximum absolute atomic E-state index is 11.9. The van der Waals surface area contributed by atoms with E-state index in [9.17, 15) is 4.79 Å². The van der Waals surface area contributed by atoms with E-state index in [-0.39, 0.29) is 5.97 Å². The Labute approximate surface area is 116 Å². The molecule has 0 unspecified atom stereocenters. The molecule has 0 saturated carbocycles. The Hall–Kier alpha value is -0.610. The molecule has 2 heterocycles. The van der Waals surface area contributed by atoms with Crippen LogP contribution in [0, 0.1) is 5.41 Å². The maximum atomic E-state index is 11.9. The minimum atomic E-state index is -0.391. The molecule has 2 fully saturated rings. The fourth-order valence-electron chi connectivity index (χ4n) is 3.04. The summed E-state index contributed by atoms with van der Waals surface area (Å²) in [7, 11) is 0. The number of carbonyl (C=O) groups is 1. The summed E-state index contributed by atoms with van der Waals surface area (Å²) in [6.07, 6.45) is 4.86. The molecule has 0 aromatic rings. The van der Waals surface area contributed by atoms with E-state index in [0.717, 1.165) is 13.1 Å². The first-order valence-corrected chi connectivity index (χ1v) is 7.62. The van der Waals surface area contributed by atoms with E-state index in [2.05, 4.69) is 10.2 Å². The van der Waals surface area contributed by atoms with E-state index < -0.39 is 5.41 Å². The van der Waals surface area contributed by atoms with Gasteiger partial charge in [0, 0.05) is 12.1 Å². The number of nitrogens with zero attached hydrogens (tertiary/aromatic N) is 1. The summed E-state index contributed by atoms with van der Waals surface area (Å²) in [6, 6.07) is 1.12. The summed E-state index contributed by atoms with van der Waals surface area (Å²) in [5.74, 6) is -0.0790. The zero-order valence-corrected chi connectivity index (χ0v) is 12.6. The standard InChI is InChI=1S/C15H28N2O2/c1-15(2,3)14(18)19-11-13-5-4-10-17(13)12-6-8-16-9-7-12/h12-13,16H,4-11H2,1-3H3/t13-/m1/s1. The maximum Gasteiger partial charge on any atom is 0.311 e. The Morgan fingerprint density at radius 1 is 1.26 bits per heavy atom. The molecule has 1 N–H and O–H groups in total. The second-order valence-electron chi connectivity index (χ2n) is 6.86. The van der Waals surface area contributed by atoms with Gasteiger partial charge in [0.05, 0.1) is 5.41 Å². The smallest absolute Gasteiger partial charge is 0.311 e. The number of piperidine rings is 1. The molecule has 0 bridgehead atoms. The molecule has 2 rings (SSSR count). The zero-order chi connectivity index (χ0) is 13.9.